The highest BCUT2D eigenvalue weighted by Gasteiger charge is 2.16. The van der Waals surface area contributed by atoms with Gasteiger partial charge in [0.2, 0.25) is 5.91 Å². The smallest absolute Gasteiger partial charge is 0.234 e. The number of aryl methyl sites for hydroxylation is 1. The molecule has 1 heterocycles. The van der Waals surface area contributed by atoms with E-state index in [1.54, 1.807) is 6.08 Å². The van der Waals surface area contributed by atoms with E-state index in [1.807, 2.05) is 28.8 Å². The van der Waals surface area contributed by atoms with Gasteiger partial charge in [-0.25, -0.2) is 0 Å². The second-order valence-corrected chi connectivity index (χ2v) is 10.4. The maximum Gasteiger partial charge on any atom is 0.234 e. The minimum Gasteiger partial charge on any atom is -0.485 e. The SMILES string of the molecule is C=CCn1c(COc2ccc(Br)cc2C(C)C)nnc1SCC(=O)Nc1ccc(CCCC)cc1. The number of nitrogens with zero attached hydrogens (tertiary/aromatic N) is 3. The minimum atomic E-state index is -0.0845. The van der Waals surface area contributed by atoms with Crippen molar-refractivity contribution in [3.8, 4) is 5.75 Å². The zero-order valence-corrected chi connectivity index (χ0v) is 23.0. The number of anilines is 1. The number of ether oxygens (including phenoxy) is 1. The van der Waals surface area contributed by atoms with E-state index in [1.165, 1.54) is 30.2 Å². The fourth-order valence-corrected chi connectivity index (χ4v) is 4.70. The number of halogens is 1. The number of rotatable bonds is 13. The van der Waals surface area contributed by atoms with Gasteiger partial charge in [-0.2, -0.15) is 0 Å². The molecule has 0 radical (unpaired) electrons. The molecule has 0 fully saturated rings. The number of aromatic nitrogens is 3. The van der Waals surface area contributed by atoms with Gasteiger partial charge >= 0.3 is 0 Å². The molecule has 1 amide bonds. The number of amides is 1. The number of carbonyl (C=O) groups excluding carboxylic acids is 1. The molecule has 6 nitrogen and oxygen atoms in total. The normalized spacial score (nSPS) is 11.0. The minimum absolute atomic E-state index is 0.0845. The second kappa shape index (κ2) is 13.5. The van der Waals surface area contributed by atoms with Crippen molar-refractivity contribution in [2.45, 2.75) is 64.3 Å². The van der Waals surface area contributed by atoms with Crippen LogP contribution in [0.1, 0.15) is 56.5 Å². The van der Waals surface area contributed by atoms with E-state index in [0.29, 0.717) is 23.4 Å². The van der Waals surface area contributed by atoms with Crippen molar-refractivity contribution in [2.24, 2.45) is 0 Å². The number of hydrogen-bond acceptors (Lipinski definition) is 5. The number of hydrogen-bond donors (Lipinski definition) is 1. The molecule has 0 saturated heterocycles. The lowest BCUT2D eigenvalue weighted by molar-refractivity contribution is -0.113. The molecule has 3 aromatic rings. The first kappa shape index (κ1) is 27.0. The first-order valence-electron chi connectivity index (χ1n) is 11.9. The molecule has 1 aromatic heterocycles. The van der Waals surface area contributed by atoms with Gasteiger partial charge in [-0.15, -0.1) is 16.8 Å². The number of unbranched alkanes of at least 4 members (excludes halogenated alkanes) is 1. The van der Waals surface area contributed by atoms with E-state index in [0.717, 1.165) is 27.9 Å². The molecule has 0 atom stereocenters. The summed E-state index contributed by atoms with van der Waals surface area (Å²) in [5, 5.41) is 12.2. The fourth-order valence-electron chi connectivity index (χ4n) is 3.55. The Morgan fingerprint density at radius 3 is 2.69 bits per heavy atom. The Kier molecular flexibility index (Phi) is 10.4. The van der Waals surface area contributed by atoms with Crippen molar-refractivity contribution in [3.05, 3.63) is 76.5 Å². The monoisotopic (exact) mass is 556 g/mol. The van der Waals surface area contributed by atoms with E-state index in [4.69, 9.17) is 4.74 Å². The largest absolute Gasteiger partial charge is 0.485 e. The maximum absolute atomic E-state index is 12.5. The molecule has 3 rings (SSSR count). The van der Waals surface area contributed by atoms with Gasteiger partial charge in [-0.3, -0.25) is 9.36 Å². The van der Waals surface area contributed by atoms with Crippen molar-refractivity contribution in [3.63, 3.8) is 0 Å². The molecule has 1 N–H and O–H groups in total. The van der Waals surface area contributed by atoms with Crippen molar-refractivity contribution in [1.82, 2.24) is 14.8 Å². The number of carbonyl (C=O) groups is 1. The van der Waals surface area contributed by atoms with Gasteiger partial charge in [0.15, 0.2) is 11.0 Å². The summed E-state index contributed by atoms with van der Waals surface area (Å²) < 4.78 is 9.06. The van der Waals surface area contributed by atoms with E-state index >= 15 is 0 Å². The van der Waals surface area contributed by atoms with Gasteiger partial charge in [0, 0.05) is 16.7 Å². The van der Waals surface area contributed by atoms with Gasteiger partial charge in [0.25, 0.3) is 0 Å². The highest BCUT2D eigenvalue weighted by atomic mass is 79.9. The maximum atomic E-state index is 12.5. The van der Waals surface area contributed by atoms with E-state index in [2.05, 4.69) is 77.0 Å². The Labute approximate surface area is 220 Å². The highest BCUT2D eigenvalue weighted by molar-refractivity contribution is 9.10. The fraction of sp³-hybridized carbons (Fsp3) is 0.370. The van der Waals surface area contributed by atoms with Crippen molar-refractivity contribution in [2.75, 3.05) is 11.1 Å². The van der Waals surface area contributed by atoms with Crippen LogP contribution in [0, 0.1) is 0 Å². The van der Waals surface area contributed by atoms with Crippen molar-refractivity contribution in [1.29, 1.82) is 0 Å². The van der Waals surface area contributed by atoms with Crippen LogP contribution >= 0.6 is 27.7 Å². The average Bonchev–Trinajstić information content (AvgIpc) is 3.23. The third-order valence-corrected chi connectivity index (χ3v) is 6.90. The summed E-state index contributed by atoms with van der Waals surface area (Å²) in [5.41, 5.74) is 3.21. The van der Waals surface area contributed by atoms with Crippen LogP contribution < -0.4 is 10.1 Å². The van der Waals surface area contributed by atoms with Gasteiger partial charge in [0.05, 0.1) is 5.75 Å². The molecular formula is C27H33BrN4O2S. The zero-order valence-electron chi connectivity index (χ0n) is 20.6. The standard InChI is InChI=1S/C27H33BrN4O2S/c1-5-7-8-20-9-12-22(13-10-20)29-26(33)18-35-27-31-30-25(32(27)15-6-2)17-34-24-14-11-21(28)16-23(24)19(3)4/h6,9-14,16,19H,2,5,7-8,15,17-18H2,1,3-4H3,(H,29,33). The Morgan fingerprint density at radius 2 is 2.00 bits per heavy atom. The van der Waals surface area contributed by atoms with Crippen molar-refractivity contribution < 1.29 is 9.53 Å². The first-order chi connectivity index (χ1) is 16.9. The van der Waals surface area contributed by atoms with Gasteiger partial charge in [-0.1, -0.05) is 73.1 Å². The Morgan fingerprint density at radius 1 is 1.23 bits per heavy atom. The molecule has 0 bridgehead atoms. The van der Waals surface area contributed by atoms with Gasteiger partial charge < -0.3 is 10.1 Å². The van der Waals surface area contributed by atoms with Gasteiger partial charge in [0.1, 0.15) is 12.4 Å². The van der Waals surface area contributed by atoms with Crippen LogP contribution in [0.25, 0.3) is 0 Å². The molecule has 0 aliphatic heterocycles. The van der Waals surface area contributed by atoms with E-state index < -0.39 is 0 Å². The Balaban J connectivity index is 1.60. The third kappa shape index (κ3) is 7.97. The Hall–Kier alpha value is -2.58. The molecule has 0 aliphatic carbocycles. The predicted molar refractivity (Wildman–Crippen MR) is 147 cm³/mol. The molecule has 2 aromatic carbocycles. The van der Waals surface area contributed by atoms with Crippen molar-refractivity contribution >= 4 is 39.3 Å². The number of benzene rings is 2. The average molecular weight is 558 g/mol. The van der Waals surface area contributed by atoms with E-state index in [-0.39, 0.29) is 18.3 Å². The number of thioether (sulfide) groups is 1. The summed E-state index contributed by atoms with van der Waals surface area (Å²) in [4.78, 5) is 12.5. The summed E-state index contributed by atoms with van der Waals surface area (Å²) in [6, 6.07) is 14.1. The molecular weight excluding hydrogens is 524 g/mol. The summed E-state index contributed by atoms with van der Waals surface area (Å²) in [7, 11) is 0. The van der Waals surface area contributed by atoms with Crippen LogP contribution in [0.3, 0.4) is 0 Å². The number of allylic oxidation sites excluding steroid dienone is 1. The van der Waals surface area contributed by atoms with Crippen LogP contribution in [0.4, 0.5) is 5.69 Å². The topological polar surface area (TPSA) is 69.0 Å². The quantitative estimate of drug-likeness (QED) is 0.181. The summed E-state index contributed by atoms with van der Waals surface area (Å²) in [6.45, 7) is 11.1. The van der Waals surface area contributed by atoms with Crippen LogP contribution in [0.15, 0.2) is 64.7 Å². The molecule has 35 heavy (non-hydrogen) atoms. The zero-order chi connectivity index (χ0) is 25.2. The molecule has 0 unspecified atom stereocenters. The highest BCUT2D eigenvalue weighted by Crippen LogP contribution is 2.30. The van der Waals surface area contributed by atoms with E-state index in [9.17, 15) is 4.79 Å². The molecule has 186 valence electrons. The van der Waals surface area contributed by atoms with Crippen LogP contribution in [0.2, 0.25) is 0 Å². The Bertz CT molecular complexity index is 1130. The molecule has 0 spiro atoms. The molecule has 0 aliphatic rings. The molecule has 8 heteroatoms. The van der Waals surface area contributed by atoms with Crippen LogP contribution in [0.5, 0.6) is 5.75 Å². The van der Waals surface area contributed by atoms with Crippen LogP contribution in [-0.4, -0.2) is 26.4 Å². The summed E-state index contributed by atoms with van der Waals surface area (Å²) >= 11 is 4.88. The summed E-state index contributed by atoms with van der Waals surface area (Å²) in [5.74, 6) is 1.99. The number of nitrogens with one attached hydrogen (secondary N) is 1. The third-order valence-electron chi connectivity index (χ3n) is 5.44. The lowest BCUT2D eigenvalue weighted by atomic mass is 10.0. The first-order valence-corrected chi connectivity index (χ1v) is 13.7. The second-order valence-electron chi connectivity index (χ2n) is 8.56. The lowest BCUT2D eigenvalue weighted by Gasteiger charge is -2.15. The lowest BCUT2D eigenvalue weighted by Crippen LogP contribution is -2.15. The predicted octanol–water partition coefficient (Wildman–Crippen LogP) is 7.00. The molecule has 0 saturated carbocycles. The van der Waals surface area contributed by atoms with Crippen LogP contribution in [-0.2, 0) is 24.4 Å². The summed E-state index contributed by atoms with van der Waals surface area (Å²) in [6.07, 6.45) is 5.19. The van der Waals surface area contributed by atoms with Gasteiger partial charge in [-0.05, 0) is 60.2 Å².